The Labute approximate surface area is 281 Å². The van der Waals surface area contributed by atoms with Crippen LogP contribution >= 0.6 is 0 Å². The summed E-state index contributed by atoms with van der Waals surface area (Å²) < 4.78 is 6.59. The minimum Gasteiger partial charge on any atom is -0.455 e. The number of aromatic nitrogens is 6. The number of pyridine rings is 2. The van der Waals surface area contributed by atoms with Gasteiger partial charge in [0.05, 0.1) is 34.2 Å². The summed E-state index contributed by atoms with van der Waals surface area (Å²) in [6, 6.07) is 48.0. The molecule has 5 heterocycles. The van der Waals surface area contributed by atoms with Crippen molar-refractivity contribution in [2.75, 3.05) is 0 Å². The van der Waals surface area contributed by atoms with Crippen LogP contribution in [-0.4, -0.2) is 29.9 Å². The van der Waals surface area contributed by atoms with Gasteiger partial charge in [0.1, 0.15) is 11.2 Å². The van der Waals surface area contributed by atoms with Crippen molar-refractivity contribution in [3.63, 3.8) is 0 Å². The molecule has 5 aromatic heterocycles. The van der Waals surface area contributed by atoms with Crippen molar-refractivity contribution in [1.82, 2.24) is 29.9 Å². The number of furan rings is 1. The van der Waals surface area contributed by atoms with E-state index < -0.39 is 0 Å². The average Bonchev–Trinajstić information content (AvgIpc) is 3.57. The standard InChI is InChI=1S/C42H26N6O/c1-3-12-27(13-4-1)41-45-35(25-37(47-41)33-18-7-9-22-43-33)29-20-21-39-32(24-29)30-16-11-17-31(40(30)49-39)36-26-38(34-19-8-10-23-44-34)48-42(46-36)28-14-5-2-6-15-28/h1-26H. The van der Waals surface area contributed by atoms with Crippen molar-refractivity contribution >= 4 is 21.9 Å². The summed E-state index contributed by atoms with van der Waals surface area (Å²) in [7, 11) is 0. The maximum atomic E-state index is 6.59. The van der Waals surface area contributed by atoms with Gasteiger partial charge < -0.3 is 4.42 Å². The molecule has 0 fully saturated rings. The molecule has 0 bridgehead atoms. The first-order chi connectivity index (χ1) is 24.3. The lowest BCUT2D eigenvalue weighted by atomic mass is 10.0. The fourth-order valence-corrected chi connectivity index (χ4v) is 6.06. The highest BCUT2D eigenvalue weighted by molar-refractivity contribution is 6.10. The fourth-order valence-electron chi connectivity index (χ4n) is 6.06. The van der Waals surface area contributed by atoms with Gasteiger partial charge in [-0.15, -0.1) is 0 Å². The topological polar surface area (TPSA) is 90.5 Å². The zero-order valence-electron chi connectivity index (χ0n) is 26.1. The van der Waals surface area contributed by atoms with Gasteiger partial charge in [-0.05, 0) is 60.7 Å². The highest BCUT2D eigenvalue weighted by Gasteiger charge is 2.18. The number of benzene rings is 4. The minimum absolute atomic E-state index is 0.621. The van der Waals surface area contributed by atoms with Crippen molar-refractivity contribution < 1.29 is 4.42 Å². The molecule has 7 heteroatoms. The van der Waals surface area contributed by atoms with Crippen molar-refractivity contribution in [3.05, 3.63) is 158 Å². The van der Waals surface area contributed by atoms with Crippen LogP contribution < -0.4 is 0 Å². The van der Waals surface area contributed by atoms with E-state index in [4.69, 9.17) is 24.4 Å². The molecule has 0 N–H and O–H groups in total. The molecule has 9 rings (SSSR count). The normalized spacial score (nSPS) is 11.3. The number of fused-ring (bicyclic) bond motifs is 3. The predicted molar refractivity (Wildman–Crippen MR) is 193 cm³/mol. The summed E-state index contributed by atoms with van der Waals surface area (Å²) in [4.78, 5) is 29.0. The Bertz CT molecular complexity index is 2470. The summed E-state index contributed by atoms with van der Waals surface area (Å²) in [5.74, 6) is 1.26. The van der Waals surface area contributed by atoms with Gasteiger partial charge in [-0.2, -0.15) is 0 Å². The number of rotatable bonds is 6. The van der Waals surface area contributed by atoms with Crippen LogP contribution in [0, 0.1) is 0 Å². The Hall–Kier alpha value is -6.86. The molecule has 0 aliphatic carbocycles. The molecular formula is C42H26N6O. The van der Waals surface area contributed by atoms with E-state index in [1.165, 1.54) is 0 Å². The zero-order valence-corrected chi connectivity index (χ0v) is 26.1. The van der Waals surface area contributed by atoms with Crippen LogP contribution in [0.2, 0.25) is 0 Å². The molecule has 49 heavy (non-hydrogen) atoms. The Morgan fingerprint density at radius 1 is 0.367 bits per heavy atom. The van der Waals surface area contributed by atoms with E-state index in [0.717, 1.165) is 78.4 Å². The Morgan fingerprint density at radius 2 is 0.939 bits per heavy atom. The first-order valence-corrected chi connectivity index (χ1v) is 15.9. The molecule has 9 aromatic rings. The Kier molecular flexibility index (Phi) is 6.98. The third-order valence-corrected chi connectivity index (χ3v) is 8.44. The number of hydrogen-bond acceptors (Lipinski definition) is 7. The van der Waals surface area contributed by atoms with E-state index >= 15 is 0 Å². The summed E-state index contributed by atoms with van der Waals surface area (Å²) in [6.45, 7) is 0. The summed E-state index contributed by atoms with van der Waals surface area (Å²) in [5.41, 5.74) is 9.80. The second-order valence-electron chi connectivity index (χ2n) is 11.6. The highest BCUT2D eigenvalue weighted by Crippen LogP contribution is 2.38. The second-order valence-corrected chi connectivity index (χ2v) is 11.6. The van der Waals surface area contributed by atoms with E-state index in [9.17, 15) is 0 Å². The highest BCUT2D eigenvalue weighted by atomic mass is 16.3. The van der Waals surface area contributed by atoms with E-state index in [0.29, 0.717) is 11.6 Å². The Morgan fingerprint density at radius 3 is 1.55 bits per heavy atom. The lowest BCUT2D eigenvalue weighted by molar-refractivity contribution is 0.670. The molecular weight excluding hydrogens is 605 g/mol. The lowest BCUT2D eigenvalue weighted by Crippen LogP contribution is -1.97. The summed E-state index contributed by atoms with van der Waals surface area (Å²) >= 11 is 0. The van der Waals surface area contributed by atoms with E-state index in [1.54, 1.807) is 12.4 Å². The molecule has 0 aliphatic heterocycles. The molecule has 0 atom stereocenters. The van der Waals surface area contributed by atoms with Gasteiger partial charge in [-0.25, -0.2) is 19.9 Å². The first kappa shape index (κ1) is 28.4. The SMILES string of the molecule is c1ccc(-c2nc(-c3ccc4oc5c(-c6cc(-c7ccccn7)nc(-c7ccccc7)n6)cccc5c4c3)cc(-c3ccccn3)n2)cc1. The van der Waals surface area contributed by atoms with Gasteiger partial charge in [0, 0.05) is 45.4 Å². The van der Waals surface area contributed by atoms with Crippen LogP contribution in [0.1, 0.15) is 0 Å². The van der Waals surface area contributed by atoms with Crippen LogP contribution in [-0.2, 0) is 0 Å². The summed E-state index contributed by atoms with van der Waals surface area (Å²) in [6.07, 6.45) is 3.55. The molecule has 0 amide bonds. The largest absolute Gasteiger partial charge is 0.455 e. The van der Waals surface area contributed by atoms with Crippen molar-refractivity contribution in [2.24, 2.45) is 0 Å². The summed E-state index contributed by atoms with van der Waals surface area (Å²) in [5, 5.41) is 1.96. The van der Waals surface area contributed by atoms with Crippen LogP contribution in [0.25, 0.3) is 90.0 Å². The van der Waals surface area contributed by atoms with Gasteiger partial charge in [-0.3, -0.25) is 9.97 Å². The minimum atomic E-state index is 0.621. The first-order valence-electron chi connectivity index (χ1n) is 15.9. The predicted octanol–water partition coefficient (Wildman–Crippen LogP) is 9.96. The molecule has 0 unspecified atom stereocenters. The third-order valence-electron chi connectivity index (χ3n) is 8.44. The van der Waals surface area contributed by atoms with Crippen molar-refractivity contribution in [3.8, 4) is 68.1 Å². The van der Waals surface area contributed by atoms with Crippen LogP contribution in [0.15, 0.2) is 162 Å². The lowest BCUT2D eigenvalue weighted by Gasteiger charge is -2.09. The molecule has 230 valence electrons. The molecule has 4 aromatic carbocycles. The monoisotopic (exact) mass is 630 g/mol. The van der Waals surface area contributed by atoms with E-state index in [-0.39, 0.29) is 0 Å². The Balaban J connectivity index is 1.20. The van der Waals surface area contributed by atoms with Crippen molar-refractivity contribution in [1.29, 1.82) is 0 Å². The van der Waals surface area contributed by atoms with E-state index in [1.807, 2.05) is 133 Å². The zero-order chi connectivity index (χ0) is 32.6. The van der Waals surface area contributed by atoms with Gasteiger partial charge >= 0.3 is 0 Å². The third kappa shape index (κ3) is 5.39. The molecule has 0 aliphatic rings. The molecule has 0 radical (unpaired) electrons. The second kappa shape index (κ2) is 12.1. The maximum absolute atomic E-state index is 6.59. The molecule has 0 spiro atoms. The smallest absolute Gasteiger partial charge is 0.160 e. The molecule has 0 saturated heterocycles. The van der Waals surface area contributed by atoms with Gasteiger partial charge in [0.25, 0.3) is 0 Å². The number of para-hydroxylation sites is 1. The molecule has 7 nitrogen and oxygen atoms in total. The van der Waals surface area contributed by atoms with Crippen LogP contribution in [0.5, 0.6) is 0 Å². The van der Waals surface area contributed by atoms with Crippen LogP contribution in [0.4, 0.5) is 0 Å². The average molecular weight is 631 g/mol. The van der Waals surface area contributed by atoms with Gasteiger partial charge in [0.2, 0.25) is 0 Å². The fraction of sp³-hybridized carbons (Fsp3) is 0. The van der Waals surface area contributed by atoms with E-state index in [2.05, 4.69) is 22.1 Å². The quantitative estimate of drug-likeness (QED) is 0.181. The van der Waals surface area contributed by atoms with Crippen LogP contribution in [0.3, 0.4) is 0 Å². The maximum Gasteiger partial charge on any atom is 0.160 e. The van der Waals surface area contributed by atoms with Crippen molar-refractivity contribution in [2.45, 2.75) is 0 Å². The number of nitrogens with zero attached hydrogens (tertiary/aromatic N) is 6. The number of hydrogen-bond donors (Lipinski definition) is 0. The van der Waals surface area contributed by atoms with Gasteiger partial charge in [-0.1, -0.05) is 84.9 Å². The van der Waals surface area contributed by atoms with Gasteiger partial charge in [0.15, 0.2) is 11.6 Å². The molecule has 0 saturated carbocycles.